The number of halogens is 1. The lowest BCUT2D eigenvalue weighted by Crippen LogP contribution is -2.42. The highest BCUT2D eigenvalue weighted by Gasteiger charge is 2.26. The van der Waals surface area contributed by atoms with Crippen molar-refractivity contribution >= 4 is 34.4 Å². The predicted octanol–water partition coefficient (Wildman–Crippen LogP) is 2.98. The van der Waals surface area contributed by atoms with Crippen molar-refractivity contribution in [2.45, 2.75) is 23.9 Å². The monoisotopic (exact) mass is 314 g/mol. The van der Waals surface area contributed by atoms with Crippen LogP contribution >= 0.6 is 22.6 Å². The van der Waals surface area contributed by atoms with E-state index in [1.807, 2.05) is 0 Å². The highest BCUT2D eigenvalue weighted by molar-refractivity contribution is 14.1. The number of hydrogen-bond donors (Lipinski definition) is 1. The van der Waals surface area contributed by atoms with Crippen LogP contribution in [0.4, 0.5) is 5.69 Å². The number of anilines is 1. The minimum atomic E-state index is 0.262. The van der Waals surface area contributed by atoms with E-state index in [9.17, 15) is 0 Å². The van der Waals surface area contributed by atoms with Crippen LogP contribution in [0, 0.1) is 0 Å². The van der Waals surface area contributed by atoms with Gasteiger partial charge in [0.2, 0.25) is 0 Å². The van der Waals surface area contributed by atoms with Crippen LogP contribution in [0.15, 0.2) is 30.0 Å². The van der Waals surface area contributed by atoms with Crippen molar-refractivity contribution in [3.63, 3.8) is 0 Å². The Kier molecular flexibility index (Phi) is 2.91. The fraction of sp³-hybridized carbons (Fsp3) is 0.333. The van der Waals surface area contributed by atoms with Gasteiger partial charge in [-0.3, -0.25) is 0 Å². The van der Waals surface area contributed by atoms with Gasteiger partial charge in [-0.2, -0.15) is 0 Å². The fourth-order valence-electron chi connectivity index (χ4n) is 1.92. The molecule has 15 heavy (non-hydrogen) atoms. The fourth-order valence-corrected chi connectivity index (χ4v) is 3.04. The van der Waals surface area contributed by atoms with E-state index in [0.29, 0.717) is 6.04 Å². The molecular weight excluding hydrogens is 299 g/mol. The standard InChI is InChI=1S/C12H15IN2/c1-8(2)15-11-6-4-3-5-9(11)7-10(14)12(15)13/h3-8,12H,14H2,1-2H3. The smallest absolute Gasteiger partial charge is 0.121 e. The van der Waals surface area contributed by atoms with Crippen LogP contribution in [0.25, 0.3) is 6.08 Å². The zero-order valence-corrected chi connectivity index (χ0v) is 11.1. The topological polar surface area (TPSA) is 29.3 Å². The van der Waals surface area contributed by atoms with Crippen molar-refractivity contribution in [3.05, 3.63) is 35.5 Å². The average molecular weight is 314 g/mol. The van der Waals surface area contributed by atoms with Gasteiger partial charge in [0.05, 0.1) is 0 Å². The van der Waals surface area contributed by atoms with Gasteiger partial charge in [-0.1, -0.05) is 40.8 Å². The van der Waals surface area contributed by atoms with Gasteiger partial charge in [-0.25, -0.2) is 0 Å². The van der Waals surface area contributed by atoms with Gasteiger partial charge in [0.15, 0.2) is 0 Å². The van der Waals surface area contributed by atoms with Gasteiger partial charge >= 0.3 is 0 Å². The van der Waals surface area contributed by atoms with E-state index in [0.717, 1.165) is 5.70 Å². The van der Waals surface area contributed by atoms with E-state index >= 15 is 0 Å². The van der Waals surface area contributed by atoms with Crippen molar-refractivity contribution in [1.29, 1.82) is 0 Å². The second kappa shape index (κ2) is 4.04. The summed E-state index contributed by atoms with van der Waals surface area (Å²) in [6.45, 7) is 4.39. The maximum Gasteiger partial charge on any atom is 0.121 e. The van der Waals surface area contributed by atoms with Crippen LogP contribution in [0.2, 0.25) is 0 Å². The number of nitrogens with zero attached hydrogens (tertiary/aromatic N) is 1. The Morgan fingerprint density at radius 2 is 2.00 bits per heavy atom. The first-order chi connectivity index (χ1) is 7.11. The van der Waals surface area contributed by atoms with Crippen LogP contribution in [0.5, 0.6) is 0 Å². The zero-order valence-electron chi connectivity index (χ0n) is 8.94. The molecule has 0 saturated heterocycles. The Morgan fingerprint density at radius 1 is 1.33 bits per heavy atom. The highest BCUT2D eigenvalue weighted by Crippen LogP contribution is 2.34. The van der Waals surface area contributed by atoms with Crippen LogP contribution in [-0.4, -0.2) is 10.1 Å². The van der Waals surface area contributed by atoms with Crippen molar-refractivity contribution in [3.8, 4) is 0 Å². The average Bonchev–Trinajstić information content (AvgIpc) is 2.19. The zero-order chi connectivity index (χ0) is 11.0. The quantitative estimate of drug-likeness (QED) is 0.490. The van der Waals surface area contributed by atoms with E-state index < -0.39 is 0 Å². The van der Waals surface area contributed by atoms with Crippen molar-refractivity contribution in [2.75, 3.05) is 4.90 Å². The molecule has 0 amide bonds. The first kappa shape index (κ1) is 10.8. The number of fused-ring (bicyclic) bond motifs is 1. The van der Waals surface area contributed by atoms with E-state index in [1.54, 1.807) is 0 Å². The molecule has 0 spiro atoms. The van der Waals surface area contributed by atoms with Gasteiger partial charge in [0, 0.05) is 17.4 Å². The minimum Gasteiger partial charge on any atom is -0.400 e. The molecule has 0 radical (unpaired) electrons. The Labute approximate surface area is 104 Å². The van der Waals surface area contributed by atoms with Gasteiger partial charge < -0.3 is 10.6 Å². The normalized spacial score (nSPS) is 20.1. The lowest BCUT2D eigenvalue weighted by molar-refractivity contribution is 0.694. The molecule has 80 valence electrons. The van der Waals surface area contributed by atoms with Crippen molar-refractivity contribution in [2.24, 2.45) is 5.73 Å². The molecule has 0 aromatic heterocycles. The van der Waals surface area contributed by atoms with Gasteiger partial charge in [0.25, 0.3) is 0 Å². The lowest BCUT2D eigenvalue weighted by atomic mass is 10.0. The maximum atomic E-state index is 6.03. The van der Waals surface area contributed by atoms with E-state index in [4.69, 9.17) is 5.73 Å². The van der Waals surface area contributed by atoms with Crippen molar-refractivity contribution < 1.29 is 0 Å². The molecule has 0 fully saturated rings. The van der Waals surface area contributed by atoms with Crippen LogP contribution in [0.3, 0.4) is 0 Å². The number of nitrogens with two attached hydrogens (primary N) is 1. The molecule has 1 aromatic rings. The summed E-state index contributed by atoms with van der Waals surface area (Å²) in [6.07, 6.45) is 2.07. The summed E-state index contributed by atoms with van der Waals surface area (Å²) in [7, 11) is 0. The lowest BCUT2D eigenvalue weighted by Gasteiger charge is -2.38. The molecule has 0 bridgehead atoms. The molecule has 2 rings (SSSR count). The molecule has 1 unspecified atom stereocenters. The molecule has 1 heterocycles. The number of alkyl halides is 1. The largest absolute Gasteiger partial charge is 0.400 e. The second-order valence-electron chi connectivity index (χ2n) is 4.04. The number of benzene rings is 1. The van der Waals surface area contributed by atoms with Gasteiger partial charge in [-0.05, 0) is 31.6 Å². The molecule has 1 aliphatic heterocycles. The molecular formula is C12H15IN2. The van der Waals surface area contributed by atoms with Gasteiger partial charge in [-0.15, -0.1) is 0 Å². The highest BCUT2D eigenvalue weighted by atomic mass is 127. The molecule has 0 saturated carbocycles. The first-order valence-corrected chi connectivity index (χ1v) is 6.34. The summed E-state index contributed by atoms with van der Waals surface area (Å²) < 4.78 is 0.262. The third-order valence-corrected chi connectivity index (χ3v) is 3.93. The molecule has 1 aliphatic rings. The number of para-hydroxylation sites is 1. The van der Waals surface area contributed by atoms with E-state index in [2.05, 4.69) is 71.7 Å². The SMILES string of the molecule is CC(C)N1c2ccccc2C=C(N)C1I. The third kappa shape index (κ3) is 1.85. The summed E-state index contributed by atoms with van der Waals surface area (Å²) >= 11 is 2.39. The summed E-state index contributed by atoms with van der Waals surface area (Å²) in [4.78, 5) is 2.35. The molecule has 2 nitrogen and oxygen atoms in total. The number of rotatable bonds is 1. The van der Waals surface area contributed by atoms with E-state index in [-0.39, 0.29) is 4.05 Å². The summed E-state index contributed by atoms with van der Waals surface area (Å²) in [5.41, 5.74) is 9.46. The maximum absolute atomic E-state index is 6.03. The van der Waals surface area contributed by atoms with Crippen LogP contribution in [-0.2, 0) is 0 Å². The second-order valence-corrected chi connectivity index (χ2v) is 5.22. The Bertz CT molecular complexity index is 398. The van der Waals surface area contributed by atoms with Crippen LogP contribution in [0.1, 0.15) is 19.4 Å². The predicted molar refractivity (Wildman–Crippen MR) is 74.0 cm³/mol. The van der Waals surface area contributed by atoms with E-state index in [1.165, 1.54) is 11.3 Å². The molecule has 1 atom stereocenters. The Hall–Kier alpha value is -0.710. The Morgan fingerprint density at radius 3 is 2.67 bits per heavy atom. The molecule has 0 aliphatic carbocycles. The first-order valence-electron chi connectivity index (χ1n) is 5.09. The summed E-state index contributed by atoms with van der Waals surface area (Å²) in [6, 6.07) is 8.85. The molecule has 1 aromatic carbocycles. The molecule has 2 N–H and O–H groups in total. The minimum absolute atomic E-state index is 0.262. The van der Waals surface area contributed by atoms with Crippen molar-refractivity contribution in [1.82, 2.24) is 0 Å². The Balaban J connectivity index is 2.54. The summed E-state index contributed by atoms with van der Waals surface area (Å²) in [5, 5.41) is 0. The third-order valence-electron chi connectivity index (χ3n) is 2.61. The number of hydrogen-bond acceptors (Lipinski definition) is 2. The summed E-state index contributed by atoms with van der Waals surface area (Å²) in [5.74, 6) is 0. The van der Waals surface area contributed by atoms with Crippen LogP contribution < -0.4 is 10.6 Å². The molecule has 3 heteroatoms. The van der Waals surface area contributed by atoms with Gasteiger partial charge in [0.1, 0.15) is 4.05 Å².